The number of aliphatic hydroxyl groups is 1. The van der Waals surface area contributed by atoms with Crippen LogP contribution in [-0.4, -0.2) is 16.5 Å². The van der Waals surface area contributed by atoms with Gasteiger partial charge in [-0.25, -0.2) is 0 Å². The van der Waals surface area contributed by atoms with Gasteiger partial charge in [-0.3, -0.25) is 4.79 Å². The van der Waals surface area contributed by atoms with E-state index in [1.807, 2.05) is 6.08 Å². The van der Waals surface area contributed by atoms with E-state index >= 15 is 0 Å². The summed E-state index contributed by atoms with van der Waals surface area (Å²) in [6.45, 7) is 6.98. The molecule has 3 fully saturated rings. The molecule has 4 aliphatic rings. The van der Waals surface area contributed by atoms with Gasteiger partial charge in [0.15, 0.2) is 5.78 Å². The van der Waals surface area contributed by atoms with Gasteiger partial charge in [-0.1, -0.05) is 26.3 Å². The van der Waals surface area contributed by atoms with Crippen molar-refractivity contribution < 1.29 is 9.90 Å². The van der Waals surface area contributed by atoms with Gasteiger partial charge in [0.2, 0.25) is 0 Å². The molecule has 0 heterocycles. The summed E-state index contributed by atoms with van der Waals surface area (Å²) >= 11 is 0. The zero-order valence-corrected chi connectivity index (χ0v) is 15.0. The van der Waals surface area contributed by atoms with Gasteiger partial charge in [-0.2, -0.15) is 0 Å². The van der Waals surface area contributed by atoms with Gasteiger partial charge in [0, 0.05) is 6.42 Å². The minimum atomic E-state index is -0.442. The molecular weight excluding hydrogens is 284 g/mol. The van der Waals surface area contributed by atoms with E-state index < -0.39 is 5.60 Å². The number of allylic oxidation sites excluding steroid dienone is 1. The molecule has 128 valence electrons. The van der Waals surface area contributed by atoms with Crippen LogP contribution in [0.2, 0.25) is 0 Å². The third-order valence-electron chi connectivity index (χ3n) is 8.87. The third kappa shape index (κ3) is 1.94. The average molecular weight is 316 g/mol. The van der Waals surface area contributed by atoms with Crippen molar-refractivity contribution in [3.8, 4) is 0 Å². The van der Waals surface area contributed by atoms with Crippen molar-refractivity contribution >= 4 is 5.78 Å². The Morgan fingerprint density at radius 3 is 2.57 bits per heavy atom. The van der Waals surface area contributed by atoms with Crippen molar-refractivity contribution in [1.82, 2.24) is 0 Å². The van der Waals surface area contributed by atoms with Crippen LogP contribution in [0, 0.1) is 28.6 Å². The molecule has 0 spiro atoms. The molecule has 4 aliphatic carbocycles. The maximum atomic E-state index is 11.9. The van der Waals surface area contributed by atoms with E-state index in [-0.39, 0.29) is 10.8 Å². The molecule has 0 bridgehead atoms. The summed E-state index contributed by atoms with van der Waals surface area (Å²) in [6, 6.07) is 0. The Labute approximate surface area is 140 Å². The predicted molar refractivity (Wildman–Crippen MR) is 92.0 cm³/mol. The summed E-state index contributed by atoms with van der Waals surface area (Å²) in [5, 5.41) is 11.2. The first-order chi connectivity index (χ1) is 10.8. The number of carbonyl (C=O) groups excluding carboxylic acids is 1. The van der Waals surface area contributed by atoms with Crippen molar-refractivity contribution in [2.45, 2.75) is 84.2 Å². The second kappa shape index (κ2) is 4.94. The van der Waals surface area contributed by atoms with Gasteiger partial charge in [-0.05, 0) is 86.0 Å². The van der Waals surface area contributed by atoms with Crippen LogP contribution < -0.4 is 0 Å². The second-order valence-electron chi connectivity index (χ2n) is 9.35. The van der Waals surface area contributed by atoms with E-state index in [0.29, 0.717) is 11.7 Å². The monoisotopic (exact) mass is 316 g/mol. The Morgan fingerprint density at radius 1 is 1.09 bits per heavy atom. The molecule has 2 heteroatoms. The maximum absolute atomic E-state index is 11.9. The summed E-state index contributed by atoms with van der Waals surface area (Å²) in [4.78, 5) is 11.9. The van der Waals surface area contributed by atoms with E-state index in [2.05, 4.69) is 20.8 Å². The lowest BCUT2D eigenvalue weighted by Crippen LogP contribution is -2.54. The summed E-state index contributed by atoms with van der Waals surface area (Å²) in [7, 11) is 0. The summed E-state index contributed by atoms with van der Waals surface area (Å²) in [6.07, 6.45) is 11.6. The summed E-state index contributed by atoms with van der Waals surface area (Å²) < 4.78 is 0. The van der Waals surface area contributed by atoms with Crippen molar-refractivity contribution in [2.75, 3.05) is 0 Å². The van der Waals surface area contributed by atoms with E-state index in [1.54, 1.807) is 0 Å². The van der Waals surface area contributed by atoms with Crippen LogP contribution in [0.25, 0.3) is 0 Å². The molecule has 0 radical (unpaired) electrons. The van der Waals surface area contributed by atoms with Crippen molar-refractivity contribution in [2.24, 2.45) is 28.6 Å². The van der Waals surface area contributed by atoms with E-state index in [1.165, 1.54) is 31.3 Å². The lowest BCUT2D eigenvalue weighted by molar-refractivity contribution is -0.130. The Kier molecular flexibility index (Phi) is 3.41. The molecule has 6 atom stereocenters. The number of rotatable bonds is 1. The lowest BCUT2D eigenvalue weighted by Gasteiger charge is -2.59. The smallest absolute Gasteiger partial charge is 0.155 e. The topological polar surface area (TPSA) is 37.3 Å². The van der Waals surface area contributed by atoms with E-state index in [4.69, 9.17) is 0 Å². The highest BCUT2D eigenvalue weighted by atomic mass is 16.3. The largest absolute Gasteiger partial charge is 0.389 e. The average Bonchev–Trinajstić information content (AvgIpc) is 2.80. The van der Waals surface area contributed by atoms with Crippen molar-refractivity contribution in [1.29, 1.82) is 0 Å². The molecule has 0 aromatic heterocycles. The van der Waals surface area contributed by atoms with Gasteiger partial charge >= 0.3 is 0 Å². The minimum Gasteiger partial charge on any atom is -0.389 e. The Bertz CT molecular complexity index is 564. The zero-order chi connectivity index (χ0) is 16.5. The highest BCUT2D eigenvalue weighted by Gasteiger charge is 2.63. The molecule has 3 saturated carbocycles. The number of ketones is 1. The van der Waals surface area contributed by atoms with Crippen LogP contribution in [0.15, 0.2) is 11.6 Å². The Morgan fingerprint density at radius 2 is 1.83 bits per heavy atom. The van der Waals surface area contributed by atoms with Crippen LogP contribution in [-0.2, 0) is 4.79 Å². The van der Waals surface area contributed by atoms with Crippen LogP contribution in [0.1, 0.15) is 78.6 Å². The highest BCUT2D eigenvalue weighted by molar-refractivity contribution is 5.91. The first kappa shape index (κ1) is 15.9. The molecule has 0 aliphatic heterocycles. The molecule has 0 amide bonds. The zero-order valence-electron chi connectivity index (χ0n) is 15.0. The second-order valence-corrected chi connectivity index (χ2v) is 9.35. The number of carbonyl (C=O) groups is 1. The first-order valence-corrected chi connectivity index (χ1v) is 9.80. The standard InChI is InChI=1S/C21H32O2/c1-4-21(23)12-9-18-16-6-5-14-13-15(22)7-10-19(14,2)17(16)8-11-20(18,21)3/h13,16-18,23H,4-12H2,1-3H3/t16-,17-,18+,19+,20+,21?/m1/s1. The SMILES string of the molecule is CCC1(O)CC[C@H]2[C@@H]3CCC4=CC(=O)CC[C@]4(C)[C@@H]3CC[C@@]21C. The third-order valence-corrected chi connectivity index (χ3v) is 8.87. The summed E-state index contributed by atoms with van der Waals surface area (Å²) in [5.41, 5.74) is 1.38. The molecule has 1 unspecified atom stereocenters. The van der Waals surface area contributed by atoms with E-state index in [9.17, 15) is 9.90 Å². The number of hydrogen-bond donors (Lipinski definition) is 1. The van der Waals surface area contributed by atoms with Crippen LogP contribution in [0.4, 0.5) is 0 Å². The minimum absolute atomic E-state index is 0.116. The summed E-state index contributed by atoms with van der Waals surface area (Å²) in [5.74, 6) is 2.51. The number of fused-ring (bicyclic) bond motifs is 5. The van der Waals surface area contributed by atoms with Crippen molar-refractivity contribution in [3.05, 3.63) is 11.6 Å². The Balaban J connectivity index is 1.69. The van der Waals surface area contributed by atoms with Gasteiger partial charge in [0.25, 0.3) is 0 Å². The molecule has 2 nitrogen and oxygen atoms in total. The van der Waals surface area contributed by atoms with Gasteiger partial charge in [0.05, 0.1) is 5.60 Å². The van der Waals surface area contributed by atoms with Crippen molar-refractivity contribution in [3.63, 3.8) is 0 Å². The molecule has 4 rings (SSSR count). The van der Waals surface area contributed by atoms with Gasteiger partial charge < -0.3 is 5.11 Å². The van der Waals surface area contributed by atoms with Gasteiger partial charge in [-0.15, -0.1) is 0 Å². The number of hydrogen-bond acceptors (Lipinski definition) is 2. The fourth-order valence-electron chi connectivity index (χ4n) is 7.25. The molecular formula is C21H32O2. The molecule has 0 aromatic carbocycles. The molecule has 0 saturated heterocycles. The van der Waals surface area contributed by atoms with Crippen LogP contribution in [0.3, 0.4) is 0 Å². The lowest BCUT2D eigenvalue weighted by atomic mass is 9.46. The molecule has 23 heavy (non-hydrogen) atoms. The fraction of sp³-hybridized carbons (Fsp3) is 0.857. The molecule has 0 aromatic rings. The normalized spacial score (nSPS) is 52.4. The van der Waals surface area contributed by atoms with E-state index in [0.717, 1.165) is 43.9 Å². The molecule has 1 N–H and O–H groups in total. The van der Waals surface area contributed by atoms with Crippen LogP contribution >= 0.6 is 0 Å². The highest BCUT2D eigenvalue weighted by Crippen LogP contribution is 2.67. The maximum Gasteiger partial charge on any atom is 0.155 e. The Hall–Kier alpha value is -0.630. The van der Waals surface area contributed by atoms with Gasteiger partial charge in [0.1, 0.15) is 0 Å². The van der Waals surface area contributed by atoms with Crippen LogP contribution in [0.5, 0.6) is 0 Å². The predicted octanol–water partition coefficient (Wildman–Crippen LogP) is 4.66. The quantitative estimate of drug-likeness (QED) is 0.764. The fourth-order valence-corrected chi connectivity index (χ4v) is 7.25. The first-order valence-electron chi connectivity index (χ1n) is 9.80.